The molecule has 0 saturated carbocycles. The molecule has 9 heteroatoms. The Morgan fingerprint density at radius 1 is 1.27 bits per heavy atom. The van der Waals surface area contributed by atoms with Gasteiger partial charge in [-0.2, -0.15) is 13.2 Å². The van der Waals surface area contributed by atoms with Gasteiger partial charge in [0.15, 0.2) is 0 Å². The number of carbonyl (C=O) groups is 1. The minimum atomic E-state index is -4.47. The van der Waals surface area contributed by atoms with E-state index in [0.717, 1.165) is 48.3 Å². The fraction of sp³-hybridized carbons (Fsp3) is 0.381. The number of fused-ring (bicyclic) bond motifs is 1. The van der Waals surface area contributed by atoms with Gasteiger partial charge in [-0.05, 0) is 56.9 Å². The fourth-order valence-electron chi connectivity index (χ4n) is 3.86. The first-order valence-electron chi connectivity index (χ1n) is 9.75. The maximum absolute atomic E-state index is 13.0. The van der Waals surface area contributed by atoms with Crippen molar-refractivity contribution in [2.75, 3.05) is 16.8 Å². The number of thiophene rings is 1. The van der Waals surface area contributed by atoms with Crippen LogP contribution in [-0.2, 0) is 6.18 Å². The first-order valence-corrected chi connectivity index (χ1v) is 10.6. The van der Waals surface area contributed by atoms with Crippen molar-refractivity contribution in [2.45, 2.75) is 45.3 Å². The van der Waals surface area contributed by atoms with Gasteiger partial charge >= 0.3 is 6.18 Å². The zero-order valence-electron chi connectivity index (χ0n) is 16.6. The molecule has 1 aliphatic heterocycles. The third-order valence-corrected chi connectivity index (χ3v) is 6.63. The molecule has 1 amide bonds. The summed E-state index contributed by atoms with van der Waals surface area (Å²) in [5.74, 6) is 0.367. The van der Waals surface area contributed by atoms with E-state index in [2.05, 4.69) is 27.1 Å². The molecule has 1 unspecified atom stereocenters. The number of anilines is 2. The highest BCUT2D eigenvalue weighted by molar-refractivity contribution is 7.20. The maximum Gasteiger partial charge on any atom is 0.416 e. The standard InChI is InChI=1S/C21H21F3N4OS/c1-12-6-3-4-9-28(12)18-16-13(2)17(30-20(16)26-11-25-18)19(29)27-15-8-5-7-14(10-15)21(22,23)24/h5,7-8,10-12H,3-4,6,9H2,1-2H3,(H,27,29). The van der Waals surface area contributed by atoms with Crippen LogP contribution in [0.5, 0.6) is 0 Å². The molecule has 158 valence electrons. The molecular weight excluding hydrogens is 413 g/mol. The molecule has 0 spiro atoms. The number of halogens is 3. The van der Waals surface area contributed by atoms with Crippen molar-refractivity contribution < 1.29 is 18.0 Å². The third-order valence-electron chi connectivity index (χ3n) is 5.44. The molecule has 3 aromatic rings. The van der Waals surface area contributed by atoms with E-state index in [1.807, 2.05) is 6.92 Å². The second-order valence-electron chi connectivity index (χ2n) is 7.50. The average Bonchev–Trinajstić information content (AvgIpc) is 3.05. The van der Waals surface area contributed by atoms with Crippen LogP contribution >= 0.6 is 11.3 Å². The summed E-state index contributed by atoms with van der Waals surface area (Å²) in [5, 5.41) is 3.43. The van der Waals surface area contributed by atoms with Gasteiger partial charge in [0.05, 0.1) is 15.8 Å². The van der Waals surface area contributed by atoms with Crippen molar-refractivity contribution in [3.8, 4) is 0 Å². The lowest BCUT2D eigenvalue weighted by molar-refractivity contribution is -0.137. The topological polar surface area (TPSA) is 58.1 Å². The number of carbonyl (C=O) groups excluding carboxylic acids is 1. The number of rotatable bonds is 3. The minimum Gasteiger partial charge on any atom is -0.353 e. The highest BCUT2D eigenvalue weighted by Gasteiger charge is 2.31. The molecule has 0 bridgehead atoms. The van der Waals surface area contributed by atoms with Gasteiger partial charge in [0.25, 0.3) is 5.91 Å². The molecule has 1 atom stereocenters. The second kappa shape index (κ2) is 7.86. The van der Waals surface area contributed by atoms with E-state index in [1.54, 1.807) is 0 Å². The van der Waals surface area contributed by atoms with Gasteiger partial charge in [-0.1, -0.05) is 6.07 Å². The van der Waals surface area contributed by atoms with Crippen molar-refractivity contribution in [3.63, 3.8) is 0 Å². The van der Waals surface area contributed by atoms with E-state index in [-0.39, 0.29) is 5.69 Å². The van der Waals surface area contributed by atoms with E-state index in [0.29, 0.717) is 15.7 Å². The third kappa shape index (κ3) is 3.86. The first-order chi connectivity index (χ1) is 14.3. The summed E-state index contributed by atoms with van der Waals surface area (Å²) >= 11 is 1.23. The van der Waals surface area contributed by atoms with E-state index in [1.165, 1.54) is 36.2 Å². The van der Waals surface area contributed by atoms with Gasteiger partial charge in [-0.15, -0.1) is 11.3 Å². The molecule has 2 aromatic heterocycles. The van der Waals surface area contributed by atoms with E-state index >= 15 is 0 Å². The maximum atomic E-state index is 13.0. The first kappa shape index (κ1) is 20.6. The molecule has 3 heterocycles. The molecule has 0 aliphatic carbocycles. The van der Waals surface area contributed by atoms with Crippen molar-refractivity contribution in [3.05, 3.63) is 46.6 Å². The summed E-state index contributed by atoms with van der Waals surface area (Å²) < 4.78 is 38.9. The lowest BCUT2D eigenvalue weighted by atomic mass is 10.0. The van der Waals surface area contributed by atoms with Gasteiger partial charge in [-0.3, -0.25) is 4.79 Å². The number of piperidine rings is 1. The number of nitrogens with one attached hydrogen (secondary N) is 1. The number of amides is 1. The Kier molecular flexibility index (Phi) is 5.40. The molecule has 4 rings (SSSR count). The number of alkyl halides is 3. The average molecular weight is 434 g/mol. The number of hydrogen-bond donors (Lipinski definition) is 1. The molecule has 30 heavy (non-hydrogen) atoms. The van der Waals surface area contributed by atoms with Crippen molar-refractivity contribution in [2.24, 2.45) is 0 Å². The summed E-state index contributed by atoms with van der Waals surface area (Å²) in [4.78, 5) is 25.1. The van der Waals surface area contributed by atoms with Crippen LogP contribution in [-0.4, -0.2) is 28.5 Å². The van der Waals surface area contributed by atoms with Crippen molar-refractivity contribution >= 4 is 39.0 Å². The quantitative estimate of drug-likeness (QED) is 0.579. The Morgan fingerprint density at radius 3 is 2.80 bits per heavy atom. The molecule has 1 aromatic carbocycles. The fourth-order valence-corrected chi connectivity index (χ4v) is 4.90. The van der Waals surface area contributed by atoms with Crippen LogP contribution in [0.25, 0.3) is 10.2 Å². The Balaban J connectivity index is 1.68. The highest BCUT2D eigenvalue weighted by atomic mass is 32.1. The van der Waals surface area contributed by atoms with E-state index in [9.17, 15) is 18.0 Å². The minimum absolute atomic E-state index is 0.0997. The zero-order valence-corrected chi connectivity index (χ0v) is 17.4. The Bertz CT molecular complexity index is 1100. The van der Waals surface area contributed by atoms with Gasteiger partial charge in [-0.25, -0.2) is 9.97 Å². The normalized spacial score (nSPS) is 17.4. The highest BCUT2D eigenvalue weighted by Crippen LogP contribution is 2.37. The van der Waals surface area contributed by atoms with Crippen molar-refractivity contribution in [1.82, 2.24) is 9.97 Å². The number of aromatic nitrogens is 2. The Hall–Kier alpha value is -2.68. The SMILES string of the molecule is Cc1c(C(=O)Nc2cccc(C(F)(F)F)c2)sc2ncnc(N3CCCCC3C)c12. The molecule has 0 radical (unpaired) electrons. The molecule has 1 saturated heterocycles. The van der Waals surface area contributed by atoms with Gasteiger partial charge < -0.3 is 10.2 Å². The zero-order chi connectivity index (χ0) is 21.5. The summed E-state index contributed by atoms with van der Waals surface area (Å²) in [6.07, 6.45) is 0.381. The van der Waals surface area contributed by atoms with E-state index in [4.69, 9.17) is 0 Å². The van der Waals surface area contributed by atoms with Crippen LogP contribution in [0.15, 0.2) is 30.6 Å². The lowest BCUT2D eigenvalue weighted by Crippen LogP contribution is -2.38. The number of benzene rings is 1. The van der Waals surface area contributed by atoms with Crippen LogP contribution in [0, 0.1) is 6.92 Å². The van der Waals surface area contributed by atoms with Gasteiger partial charge in [0.2, 0.25) is 0 Å². The molecule has 1 fully saturated rings. The monoisotopic (exact) mass is 434 g/mol. The summed E-state index contributed by atoms with van der Waals surface area (Å²) in [7, 11) is 0. The number of nitrogens with zero attached hydrogens (tertiary/aromatic N) is 3. The Morgan fingerprint density at radius 2 is 2.07 bits per heavy atom. The summed E-state index contributed by atoms with van der Waals surface area (Å²) in [6.45, 7) is 4.89. The van der Waals surface area contributed by atoms with Crippen LogP contribution in [0.3, 0.4) is 0 Å². The summed E-state index contributed by atoms with van der Waals surface area (Å²) in [6, 6.07) is 4.97. The largest absolute Gasteiger partial charge is 0.416 e. The molecule has 1 aliphatic rings. The smallest absolute Gasteiger partial charge is 0.353 e. The molecule has 5 nitrogen and oxygen atoms in total. The van der Waals surface area contributed by atoms with Crippen LogP contribution in [0.4, 0.5) is 24.7 Å². The number of aryl methyl sites for hydroxylation is 1. The van der Waals surface area contributed by atoms with Crippen molar-refractivity contribution in [1.29, 1.82) is 0 Å². The molecule has 1 N–H and O–H groups in total. The van der Waals surface area contributed by atoms with Gasteiger partial charge in [0.1, 0.15) is 17.0 Å². The second-order valence-corrected chi connectivity index (χ2v) is 8.50. The van der Waals surface area contributed by atoms with Crippen LogP contribution in [0.2, 0.25) is 0 Å². The van der Waals surface area contributed by atoms with Crippen LogP contribution < -0.4 is 10.2 Å². The van der Waals surface area contributed by atoms with Gasteiger partial charge in [0, 0.05) is 18.3 Å². The summed E-state index contributed by atoms with van der Waals surface area (Å²) in [5.41, 5.74) is 0.0380. The van der Waals surface area contributed by atoms with E-state index < -0.39 is 17.6 Å². The predicted octanol–water partition coefficient (Wildman–Crippen LogP) is 5.65. The lowest BCUT2D eigenvalue weighted by Gasteiger charge is -2.34. The predicted molar refractivity (Wildman–Crippen MR) is 112 cm³/mol. The Labute approximate surface area is 175 Å². The van der Waals surface area contributed by atoms with Crippen LogP contribution in [0.1, 0.15) is 47.0 Å². The molecular formula is C21H21F3N4OS. The number of hydrogen-bond acceptors (Lipinski definition) is 5.